The average molecular weight is 300 g/mol. The lowest BCUT2D eigenvalue weighted by Crippen LogP contribution is -2.43. The Labute approximate surface area is 119 Å². The fourth-order valence-corrected chi connectivity index (χ4v) is 2.62. The van der Waals surface area contributed by atoms with Crippen molar-refractivity contribution in [3.05, 3.63) is 24.3 Å². The molecule has 0 heterocycles. The molecule has 0 fully saturated rings. The molecular formula is C13H20N2O4S. The largest absolute Gasteiger partial charge is 0.480 e. The molecule has 0 saturated heterocycles. The SMILES string of the molecule is CCC(C)(Nc1ccccc1S(=O)(=O)N(C)C)C(=O)O. The van der Waals surface area contributed by atoms with Gasteiger partial charge in [0, 0.05) is 14.1 Å². The van der Waals surface area contributed by atoms with Gasteiger partial charge in [-0.2, -0.15) is 0 Å². The zero-order chi connectivity index (χ0) is 15.6. The number of anilines is 1. The molecule has 0 aliphatic heterocycles. The molecule has 0 aliphatic rings. The van der Waals surface area contributed by atoms with E-state index in [0.29, 0.717) is 6.42 Å². The van der Waals surface area contributed by atoms with Gasteiger partial charge in [0.05, 0.1) is 5.69 Å². The summed E-state index contributed by atoms with van der Waals surface area (Å²) in [5, 5.41) is 12.1. The highest BCUT2D eigenvalue weighted by Gasteiger charge is 2.33. The molecule has 0 amide bonds. The van der Waals surface area contributed by atoms with E-state index in [0.717, 1.165) is 4.31 Å². The Kier molecular flexibility index (Phi) is 4.77. The summed E-state index contributed by atoms with van der Waals surface area (Å²) in [5.41, 5.74) is -0.939. The third-order valence-corrected chi connectivity index (χ3v) is 5.11. The minimum absolute atomic E-state index is 0.0610. The third-order valence-electron chi connectivity index (χ3n) is 3.24. The standard InChI is InChI=1S/C13H20N2O4S/c1-5-13(2,12(16)17)14-10-8-6-7-9-11(10)20(18,19)15(3)4/h6-9,14H,5H2,1-4H3,(H,16,17). The minimum atomic E-state index is -3.64. The van der Waals surface area contributed by atoms with Crippen LogP contribution < -0.4 is 5.32 Å². The molecule has 1 aromatic rings. The fourth-order valence-electron chi connectivity index (χ4n) is 1.58. The molecule has 1 aromatic carbocycles. The Morgan fingerprint density at radius 1 is 1.35 bits per heavy atom. The van der Waals surface area contributed by atoms with Gasteiger partial charge in [0.2, 0.25) is 10.0 Å². The predicted octanol–water partition coefficient (Wildman–Crippen LogP) is 1.60. The van der Waals surface area contributed by atoms with Crippen molar-refractivity contribution in [2.45, 2.75) is 30.7 Å². The number of hydrogen-bond acceptors (Lipinski definition) is 4. The monoisotopic (exact) mass is 300 g/mol. The Balaban J connectivity index is 3.32. The topological polar surface area (TPSA) is 86.7 Å². The number of nitrogens with one attached hydrogen (secondary N) is 1. The van der Waals surface area contributed by atoms with Gasteiger partial charge in [-0.15, -0.1) is 0 Å². The van der Waals surface area contributed by atoms with Crippen LogP contribution >= 0.6 is 0 Å². The van der Waals surface area contributed by atoms with Gasteiger partial charge in [0.1, 0.15) is 10.4 Å². The zero-order valence-electron chi connectivity index (χ0n) is 12.0. The molecule has 0 saturated carbocycles. The first-order valence-corrected chi connectivity index (χ1v) is 7.62. The Morgan fingerprint density at radius 3 is 2.35 bits per heavy atom. The van der Waals surface area contributed by atoms with Crippen molar-refractivity contribution in [2.75, 3.05) is 19.4 Å². The van der Waals surface area contributed by atoms with Crippen LogP contribution in [0.25, 0.3) is 0 Å². The van der Waals surface area contributed by atoms with E-state index in [9.17, 15) is 18.3 Å². The summed E-state index contributed by atoms with van der Waals surface area (Å²) >= 11 is 0. The van der Waals surface area contributed by atoms with Crippen LogP contribution in [0.1, 0.15) is 20.3 Å². The first-order valence-electron chi connectivity index (χ1n) is 6.18. The van der Waals surface area contributed by atoms with Gasteiger partial charge in [0.15, 0.2) is 0 Å². The highest BCUT2D eigenvalue weighted by atomic mass is 32.2. The number of carbonyl (C=O) groups is 1. The summed E-state index contributed by atoms with van der Waals surface area (Å²) < 4.78 is 25.6. The van der Waals surface area contributed by atoms with Crippen molar-refractivity contribution in [1.29, 1.82) is 0 Å². The van der Waals surface area contributed by atoms with Gasteiger partial charge in [-0.1, -0.05) is 19.1 Å². The summed E-state index contributed by atoms with van der Waals surface area (Å²) in [6.45, 7) is 3.25. The van der Waals surface area contributed by atoms with E-state index in [1.165, 1.54) is 27.1 Å². The maximum atomic E-state index is 12.2. The fraction of sp³-hybridized carbons (Fsp3) is 0.462. The lowest BCUT2D eigenvalue weighted by atomic mass is 9.99. The minimum Gasteiger partial charge on any atom is -0.480 e. The Hall–Kier alpha value is -1.60. The van der Waals surface area contributed by atoms with Crippen molar-refractivity contribution in [2.24, 2.45) is 0 Å². The molecular weight excluding hydrogens is 280 g/mol. The number of benzene rings is 1. The van der Waals surface area contributed by atoms with Crippen LogP contribution in [0.15, 0.2) is 29.2 Å². The van der Waals surface area contributed by atoms with Crippen LogP contribution in [0.3, 0.4) is 0 Å². The Morgan fingerprint density at radius 2 is 1.90 bits per heavy atom. The molecule has 20 heavy (non-hydrogen) atoms. The van der Waals surface area contributed by atoms with Crippen LogP contribution in [-0.4, -0.2) is 43.4 Å². The van der Waals surface area contributed by atoms with Crippen molar-refractivity contribution in [1.82, 2.24) is 4.31 Å². The van der Waals surface area contributed by atoms with Gasteiger partial charge in [-0.05, 0) is 25.5 Å². The molecule has 0 aliphatic carbocycles. The van der Waals surface area contributed by atoms with E-state index in [4.69, 9.17) is 0 Å². The number of carboxylic acid groups (broad SMARTS) is 1. The first-order chi connectivity index (χ1) is 9.15. The van der Waals surface area contributed by atoms with Gasteiger partial charge in [-0.25, -0.2) is 17.5 Å². The quantitative estimate of drug-likeness (QED) is 0.833. The number of hydrogen-bond donors (Lipinski definition) is 2. The van der Waals surface area contributed by atoms with Crippen molar-refractivity contribution >= 4 is 21.7 Å². The number of para-hydroxylation sites is 1. The van der Waals surface area contributed by atoms with E-state index < -0.39 is 21.5 Å². The number of carboxylic acids is 1. The van der Waals surface area contributed by atoms with E-state index in [-0.39, 0.29) is 10.6 Å². The summed E-state index contributed by atoms with van der Waals surface area (Å²) in [6, 6.07) is 6.28. The number of rotatable bonds is 6. The van der Waals surface area contributed by atoms with E-state index >= 15 is 0 Å². The zero-order valence-corrected chi connectivity index (χ0v) is 12.9. The number of aliphatic carboxylic acids is 1. The predicted molar refractivity (Wildman–Crippen MR) is 77.3 cm³/mol. The van der Waals surface area contributed by atoms with Crippen LogP contribution in [0.2, 0.25) is 0 Å². The molecule has 1 unspecified atom stereocenters. The molecule has 7 heteroatoms. The third kappa shape index (κ3) is 3.10. The normalized spacial score (nSPS) is 14.8. The van der Waals surface area contributed by atoms with Crippen LogP contribution in [0.5, 0.6) is 0 Å². The molecule has 0 spiro atoms. The van der Waals surface area contributed by atoms with E-state index in [1.54, 1.807) is 25.1 Å². The second-order valence-corrected chi connectivity index (χ2v) is 7.02. The molecule has 1 atom stereocenters. The molecule has 0 radical (unpaired) electrons. The highest BCUT2D eigenvalue weighted by molar-refractivity contribution is 7.89. The number of sulfonamides is 1. The lowest BCUT2D eigenvalue weighted by Gasteiger charge is -2.27. The smallest absolute Gasteiger partial charge is 0.329 e. The van der Waals surface area contributed by atoms with Crippen molar-refractivity contribution in [3.8, 4) is 0 Å². The maximum absolute atomic E-state index is 12.2. The first kappa shape index (κ1) is 16.5. The van der Waals surface area contributed by atoms with Crippen molar-refractivity contribution < 1.29 is 18.3 Å². The van der Waals surface area contributed by atoms with Gasteiger partial charge in [0.25, 0.3) is 0 Å². The average Bonchev–Trinajstić information content (AvgIpc) is 2.38. The van der Waals surface area contributed by atoms with E-state index in [2.05, 4.69) is 5.32 Å². The van der Waals surface area contributed by atoms with Gasteiger partial charge in [-0.3, -0.25) is 0 Å². The summed E-state index contributed by atoms with van der Waals surface area (Å²) in [5.74, 6) is -1.03. The second kappa shape index (κ2) is 5.80. The van der Waals surface area contributed by atoms with Crippen LogP contribution in [0, 0.1) is 0 Å². The van der Waals surface area contributed by atoms with Gasteiger partial charge >= 0.3 is 5.97 Å². The van der Waals surface area contributed by atoms with E-state index in [1.807, 2.05) is 0 Å². The molecule has 0 aromatic heterocycles. The summed E-state index contributed by atoms with van der Waals surface area (Å²) in [6.07, 6.45) is 0.318. The molecule has 112 valence electrons. The molecule has 0 bridgehead atoms. The highest BCUT2D eigenvalue weighted by Crippen LogP contribution is 2.27. The van der Waals surface area contributed by atoms with Gasteiger partial charge < -0.3 is 10.4 Å². The maximum Gasteiger partial charge on any atom is 0.329 e. The van der Waals surface area contributed by atoms with Crippen LogP contribution in [0.4, 0.5) is 5.69 Å². The summed E-state index contributed by atoms with van der Waals surface area (Å²) in [7, 11) is -0.770. The lowest BCUT2D eigenvalue weighted by molar-refractivity contribution is -0.141. The van der Waals surface area contributed by atoms with Crippen LogP contribution in [-0.2, 0) is 14.8 Å². The summed E-state index contributed by atoms with van der Waals surface area (Å²) in [4.78, 5) is 11.4. The molecule has 2 N–H and O–H groups in total. The second-order valence-electron chi connectivity index (χ2n) is 4.90. The molecule has 1 rings (SSSR count). The number of nitrogens with zero attached hydrogens (tertiary/aromatic N) is 1. The van der Waals surface area contributed by atoms with Crippen molar-refractivity contribution in [3.63, 3.8) is 0 Å². The molecule has 6 nitrogen and oxygen atoms in total. The Bertz CT molecular complexity index is 598.